The molecule has 0 spiro atoms. The average Bonchev–Trinajstić information content (AvgIpc) is 3.30. The number of aryl methyl sites for hydroxylation is 1. The molecule has 11 heteroatoms. The molecule has 9 nitrogen and oxygen atoms in total. The van der Waals surface area contributed by atoms with Crippen LogP contribution in [0.5, 0.6) is 0 Å². The molecule has 0 radical (unpaired) electrons. The molecular formula is C17H22ClN5O4S. The van der Waals surface area contributed by atoms with Crippen molar-refractivity contribution in [3.63, 3.8) is 0 Å². The number of esters is 1. The number of ether oxygens (including phenoxy) is 2. The van der Waals surface area contributed by atoms with Crippen LogP contribution in [0.15, 0.2) is 6.20 Å². The number of aromatic nitrogens is 3. The SMILES string of the molecule is CCOC(=O)c1cnc(N2CC[C@H](NC(=O)c3nc(Cl)c(C)[nH]3)[C@H](OC)C2)s1. The number of imidazole rings is 1. The first-order valence-corrected chi connectivity index (χ1v) is 10.1. The van der Waals surface area contributed by atoms with Crippen LogP contribution in [-0.4, -0.2) is 65.8 Å². The Labute approximate surface area is 171 Å². The summed E-state index contributed by atoms with van der Waals surface area (Å²) < 4.78 is 10.6. The van der Waals surface area contributed by atoms with Crippen molar-refractivity contribution in [2.45, 2.75) is 32.4 Å². The number of thiazole rings is 1. The van der Waals surface area contributed by atoms with Crippen molar-refractivity contribution in [2.75, 3.05) is 31.7 Å². The molecule has 28 heavy (non-hydrogen) atoms. The number of methoxy groups -OCH3 is 1. The van der Waals surface area contributed by atoms with Crippen molar-refractivity contribution >= 4 is 39.9 Å². The summed E-state index contributed by atoms with van der Waals surface area (Å²) in [5.41, 5.74) is 0.645. The number of carbonyl (C=O) groups excluding carboxylic acids is 2. The quantitative estimate of drug-likeness (QED) is 0.678. The molecule has 3 heterocycles. The van der Waals surface area contributed by atoms with E-state index >= 15 is 0 Å². The van der Waals surface area contributed by atoms with Crippen molar-refractivity contribution in [2.24, 2.45) is 0 Å². The second-order valence-corrected chi connectivity index (χ2v) is 7.68. The summed E-state index contributed by atoms with van der Waals surface area (Å²) in [5.74, 6) is -0.516. The highest BCUT2D eigenvalue weighted by molar-refractivity contribution is 7.17. The summed E-state index contributed by atoms with van der Waals surface area (Å²) in [7, 11) is 1.60. The highest BCUT2D eigenvalue weighted by Gasteiger charge is 2.32. The lowest BCUT2D eigenvalue weighted by molar-refractivity contribution is 0.0530. The van der Waals surface area contributed by atoms with E-state index < -0.39 is 0 Å². The largest absolute Gasteiger partial charge is 0.462 e. The van der Waals surface area contributed by atoms with Crippen LogP contribution >= 0.6 is 22.9 Å². The summed E-state index contributed by atoms with van der Waals surface area (Å²) >= 11 is 7.19. The number of carbonyl (C=O) groups is 2. The Morgan fingerprint density at radius 1 is 1.50 bits per heavy atom. The minimum absolute atomic E-state index is 0.178. The maximum Gasteiger partial charge on any atom is 0.350 e. The molecule has 1 amide bonds. The second kappa shape index (κ2) is 8.89. The Morgan fingerprint density at radius 2 is 2.29 bits per heavy atom. The summed E-state index contributed by atoms with van der Waals surface area (Å²) in [6, 6.07) is -0.178. The number of H-pyrrole nitrogens is 1. The molecule has 152 valence electrons. The molecule has 0 bridgehead atoms. The topological polar surface area (TPSA) is 109 Å². The first-order valence-electron chi connectivity index (χ1n) is 8.86. The molecular weight excluding hydrogens is 406 g/mol. The Kier molecular flexibility index (Phi) is 6.53. The lowest BCUT2D eigenvalue weighted by atomic mass is 10.0. The molecule has 1 aliphatic rings. The average molecular weight is 428 g/mol. The fourth-order valence-electron chi connectivity index (χ4n) is 2.99. The van der Waals surface area contributed by atoms with Crippen molar-refractivity contribution in [1.82, 2.24) is 20.3 Å². The summed E-state index contributed by atoms with van der Waals surface area (Å²) in [4.78, 5) is 38.0. The molecule has 1 saturated heterocycles. The van der Waals surface area contributed by atoms with E-state index in [4.69, 9.17) is 21.1 Å². The van der Waals surface area contributed by atoms with Gasteiger partial charge in [0.15, 0.2) is 16.1 Å². The molecule has 0 unspecified atom stereocenters. The van der Waals surface area contributed by atoms with Gasteiger partial charge in [0.2, 0.25) is 0 Å². The standard InChI is InChI=1S/C17H22ClN5O4S/c1-4-27-16(25)12-7-19-17(28-12)23-6-5-10(11(8-23)26-3)21-15(24)14-20-9(2)13(18)22-14/h7,10-11H,4-6,8H2,1-3H3,(H,20,22)(H,21,24)/t10-,11+/m0/s1. The monoisotopic (exact) mass is 427 g/mol. The summed E-state index contributed by atoms with van der Waals surface area (Å²) in [5, 5.41) is 3.96. The first kappa shape index (κ1) is 20.6. The van der Waals surface area contributed by atoms with Gasteiger partial charge in [-0.2, -0.15) is 0 Å². The van der Waals surface area contributed by atoms with Crippen LogP contribution in [0.25, 0.3) is 0 Å². The van der Waals surface area contributed by atoms with Crippen LogP contribution < -0.4 is 10.2 Å². The van der Waals surface area contributed by atoms with Gasteiger partial charge in [0.1, 0.15) is 4.88 Å². The number of hydrogen-bond acceptors (Lipinski definition) is 8. The number of rotatable bonds is 6. The number of aromatic amines is 1. The van der Waals surface area contributed by atoms with Crippen LogP contribution in [0.4, 0.5) is 5.13 Å². The third-order valence-corrected chi connectivity index (χ3v) is 5.87. The van der Waals surface area contributed by atoms with Crippen LogP contribution in [0, 0.1) is 6.92 Å². The van der Waals surface area contributed by atoms with E-state index in [1.54, 1.807) is 21.0 Å². The van der Waals surface area contributed by atoms with Crippen molar-refractivity contribution in [3.8, 4) is 0 Å². The van der Waals surface area contributed by atoms with E-state index in [0.29, 0.717) is 36.7 Å². The van der Waals surface area contributed by atoms with E-state index in [1.807, 2.05) is 4.90 Å². The fraction of sp³-hybridized carbons (Fsp3) is 0.529. The Balaban J connectivity index is 1.63. The van der Waals surface area contributed by atoms with Crippen LogP contribution in [0.2, 0.25) is 5.15 Å². The van der Waals surface area contributed by atoms with E-state index in [9.17, 15) is 9.59 Å². The number of nitrogens with one attached hydrogen (secondary N) is 2. The second-order valence-electron chi connectivity index (χ2n) is 6.32. The van der Waals surface area contributed by atoms with Crippen LogP contribution in [0.1, 0.15) is 39.3 Å². The molecule has 1 fully saturated rings. The molecule has 0 aliphatic carbocycles. The number of nitrogens with zero attached hydrogens (tertiary/aromatic N) is 3. The first-order chi connectivity index (χ1) is 13.4. The van der Waals surface area contributed by atoms with Gasteiger partial charge in [-0.25, -0.2) is 14.8 Å². The van der Waals surface area contributed by atoms with Gasteiger partial charge < -0.3 is 24.7 Å². The lowest BCUT2D eigenvalue weighted by Gasteiger charge is -2.37. The van der Waals surface area contributed by atoms with Crippen LogP contribution in [0.3, 0.4) is 0 Å². The predicted molar refractivity (Wildman–Crippen MR) is 105 cm³/mol. The van der Waals surface area contributed by atoms with Gasteiger partial charge in [-0.15, -0.1) is 0 Å². The molecule has 2 N–H and O–H groups in total. The fourth-order valence-corrected chi connectivity index (χ4v) is 3.96. The normalized spacial score (nSPS) is 19.5. The van der Waals surface area contributed by atoms with Gasteiger partial charge in [-0.05, 0) is 20.3 Å². The third-order valence-electron chi connectivity index (χ3n) is 4.46. The molecule has 2 aromatic rings. The lowest BCUT2D eigenvalue weighted by Crippen LogP contribution is -2.55. The number of piperidine rings is 1. The maximum absolute atomic E-state index is 12.4. The van der Waals surface area contributed by atoms with Crippen LogP contribution in [-0.2, 0) is 9.47 Å². The molecule has 0 aromatic carbocycles. The molecule has 2 atom stereocenters. The highest BCUT2D eigenvalue weighted by atomic mass is 35.5. The van der Waals surface area contributed by atoms with Crippen molar-refractivity contribution in [1.29, 1.82) is 0 Å². The maximum atomic E-state index is 12.4. The van der Waals surface area contributed by atoms with Gasteiger partial charge in [0, 0.05) is 20.2 Å². The third kappa shape index (κ3) is 4.45. The minimum atomic E-state index is -0.371. The Morgan fingerprint density at radius 3 is 2.93 bits per heavy atom. The molecule has 0 saturated carbocycles. The minimum Gasteiger partial charge on any atom is -0.462 e. The number of anilines is 1. The summed E-state index contributed by atoms with van der Waals surface area (Å²) in [6.45, 7) is 5.04. The van der Waals surface area contributed by atoms with E-state index in [1.165, 1.54) is 17.5 Å². The van der Waals surface area contributed by atoms with Crippen molar-refractivity contribution < 1.29 is 19.1 Å². The van der Waals surface area contributed by atoms with E-state index in [0.717, 1.165) is 5.13 Å². The molecule has 3 rings (SSSR count). The number of hydrogen-bond donors (Lipinski definition) is 2. The molecule has 1 aliphatic heterocycles. The predicted octanol–water partition coefficient (Wildman–Crippen LogP) is 2.03. The Bertz CT molecular complexity index is 835. The highest BCUT2D eigenvalue weighted by Crippen LogP contribution is 2.27. The number of amides is 1. The Hall–Kier alpha value is -2.17. The summed E-state index contributed by atoms with van der Waals surface area (Å²) in [6.07, 6.45) is 1.95. The van der Waals surface area contributed by atoms with Gasteiger partial charge >= 0.3 is 5.97 Å². The zero-order valence-corrected chi connectivity index (χ0v) is 17.4. The molecule has 2 aromatic heterocycles. The zero-order chi connectivity index (χ0) is 20.3. The van der Waals surface area contributed by atoms with E-state index in [-0.39, 0.29) is 35.0 Å². The van der Waals surface area contributed by atoms with Crippen molar-refractivity contribution in [3.05, 3.63) is 27.7 Å². The van der Waals surface area contributed by atoms with Gasteiger partial charge in [-0.3, -0.25) is 4.79 Å². The van der Waals surface area contributed by atoms with E-state index in [2.05, 4.69) is 20.3 Å². The smallest absolute Gasteiger partial charge is 0.350 e. The van der Waals surface area contributed by atoms with Gasteiger partial charge in [0.05, 0.1) is 30.6 Å². The van der Waals surface area contributed by atoms with Gasteiger partial charge in [-0.1, -0.05) is 22.9 Å². The van der Waals surface area contributed by atoms with Gasteiger partial charge in [0.25, 0.3) is 5.91 Å². The zero-order valence-electron chi connectivity index (χ0n) is 15.8. The number of halogens is 1.